The van der Waals surface area contributed by atoms with Crippen molar-refractivity contribution >= 4 is 28.3 Å². The fourth-order valence-electron chi connectivity index (χ4n) is 3.16. The molecule has 0 saturated heterocycles. The van der Waals surface area contributed by atoms with E-state index in [1.54, 1.807) is 69.9 Å². The molecular weight excluding hydrogens is 408 g/mol. The Labute approximate surface area is 184 Å². The number of ether oxygens (including phenoxy) is 3. The Kier molecular flexibility index (Phi) is 6.07. The lowest BCUT2D eigenvalue weighted by molar-refractivity contribution is 0.102. The summed E-state index contributed by atoms with van der Waals surface area (Å²) in [4.78, 5) is 17.7. The van der Waals surface area contributed by atoms with Crippen LogP contribution in [0, 0.1) is 0 Å². The van der Waals surface area contributed by atoms with E-state index in [2.05, 4.69) is 10.3 Å². The normalized spacial score (nSPS) is 11.3. The van der Waals surface area contributed by atoms with Crippen LogP contribution in [0.4, 0.5) is 11.4 Å². The van der Waals surface area contributed by atoms with Crippen molar-refractivity contribution in [1.82, 2.24) is 0 Å². The third-order valence-electron chi connectivity index (χ3n) is 4.82. The lowest BCUT2D eigenvalue weighted by atomic mass is 10.1. The number of carbonyl (C=O) groups is 1. The summed E-state index contributed by atoms with van der Waals surface area (Å²) in [6.07, 6.45) is 0. The minimum Gasteiger partial charge on any atom is -0.497 e. The van der Waals surface area contributed by atoms with Gasteiger partial charge in [0.25, 0.3) is 5.91 Å². The number of hydrogen-bond acceptors (Lipinski definition) is 6. The average Bonchev–Trinajstić information content (AvgIpc) is 2.83. The van der Waals surface area contributed by atoms with E-state index in [0.29, 0.717) is 39.8 Å². The van der Waals surface area contributed by atoms with Crippen molar-refractivity contribution in [3.8, 4) is 17.2 Å². The lowest BCUT2D eigenvalue weighted by Gasteiger charge is -2.08. The van der Waals surface area contributed by atoms with Crippen LogP contribution in [-0.2, 0) is 0 Å². The van der Waals surface area contributed by atoms with Gasteiger partial charge in [-0.2, -0.15) is 0 Å². The van der Waals surface area contributed by atoms with E-state index < -0.39 is 0 Å². The summed E-state index contributed by atoms with van der Waals surface area (Å²) in [6, 6.07) is 21.5. The van der Waals surface area contributed by atoms with Gasteiger partial charge in [-0.15, -0.1) is 0 Å². The van der Waals surface area contributed by atoms with Gasteiger partial charge >= 0.3 is 0 Å². The maximum Gasteiger partial charge on any atom is 0.261 e. The van der Waals surface area contributed by atoms with Crippen LogP contribution in [0.15, 0.2) is 82.2 Å². The molecule has 0 fully saturated rings. The number of para-hydroxylation sites is 1. The van der Waals surface area contributed by atoms with Gasteiger partial charge in [0.05, 0.1) is 27.0 Å². The van der Waals surface area contributed by atoms with Crippen molar-refractivity contribution in [2.45, 2.75) is 0 Å². The number of anilines is 1. The fourth-order valence-corrected chi connectivity index (χ4v) is 3.16. The zero-order valence-corrected chi connectivity index (χ0v) is 17.9. The molecule has 0 unspecified atom stereocenters. The summed E-state index contributed by atoms with van der Waals surface area (Å²) in [5.74, 6) is 1.51. The monoisotopic (exact) mass is 430 g/mol. The molecule has 0 aliphatic rings. The van der Waals surface area contributed by atoms with E-state index in [9.17, 15) is 4.79 Å². The number of amides is 1. The van der Waals surface area contributed by atoms with Crippen molar-refractivity contribution in [3.05, 3.63) is 83.9 Å². The summed E-state index contributed by atoms with van der Waals surface area (Å²) < 4.78 is 21.8. The molecule has 162 valence electrons. The van der Waals surface area contributed by atoms with Gasteiger partial charge in [0, 0.05) is 29.3 Å². The highest BCUT2D eigenvalue weighted by Gasteiger charge is 2.14. The quantitative estimate of drug-likeness (QED) is 0.468. The second kappa shape index (κ2) is 9.26. The molecule has 1 N–H and O–H groups in total. The van der Waals surface area contributed by atoms with Crippen molar-refractivity contribution in [2.75, 3.05) is 26.6 Å². The van der Waals surface area contributed by atoms with Gasteiger partial charge < -0.3 is 23.9 Å². The third-order valence-corrected chi connectivity index (χ3v) is 4.82. The Morgan fingerprint density at radius 1 is 0.812 bits per heavy atom. The molecule has 1 amide bonds. The minimum absolute atomic E-state index is 0.171. The molecule has 7 nitrogen and oxygen atoms in total. The van der Waals surface area contributed by atoms with Gasteiger partial charge in [-0.25, -0.2) is 4.99 Å². The standard InChI is InChI=1S/C25H22N2O5/c1-29-19-10-8-17(9-11-19)26-24(28)22-12-16-6-4-5-7-23(16)32-25(22)27-18-13-20(30-2)15-21(14-18)31-3/h4-15H,1-3H3,(H,26,28). The predicted molar refractivity (Wildman–Crippen MR) is 122 cm³/mol. The number of fused-ring (bicyclic) bond motifs is 1. The van der Waals surface area contributed by atoms with E-state index >= 15 is 0 Å². The average molecular weight is 430 g/mol. The third kappa shape index (κ3) is 4.57. The van der Waals surface area contributed by atoms with Crippen LogP contribution in [0.1, 0.15) is 10.4 Å². The summed E-state index contributed by atoms with van der Waals surface area (Å²) in [5, 5.41) is 3.67. The Balaban J connectivity index is 1.81. The van der Waals surface area contributed by atoms with Gasteiger partial charge in [0.2, 0.25) is 5.55 Å². The van der Waals surface area contributed by atoms with Crippen LogP contribution in [0.3, 0.4) is 0 Å². The van der Waals surface area contributed by atoms with Gasteiger partial charge in [0.1, 0.15) is 28.4 Å². The largest absolute Gasteiger partial charge is 0.497 e. The zero-order valence-electron chi connectivity index (χ0n) is 17.9. The van der Waals surface area contributed by atoms with E-state index in [1.165, 1.54) is 0 Å². The molecule has 0 radical (unpaired) electrons. The topological polar surface area (TPSA) is 82.3 Å². The first-order chi connectivity index (χ1) is 15.6. The Morgan fingerprint density at radius 3 is 2.12 bits per heavy atom. The van der Waals surface area contributed by atoms with Crippen LogP contribution in [0.25, 0.3) is 11.0 Å². The van der Waals surface area contributed by atoms with E-state index in [4.69, 9.17) is 18.6 Å². The highest BCUT2D eigenvalue weighted by Crippen LogP contribution is 2.27. The number of nitrogens with zero attached hydrogens (tertiary/aromatic N) is 1. The summed E-state index contributed by atoms with van der Waals surface area (Å²) in [7, 11) is 4.71. The zero-order chi connectivity index (χ0) is 22.5. The SMILES string of the molecule is COc1ccc(NC(=O)c2cc3ccccc3oc2=Nc2cc(OC)cc(OC)c2)cc1. The van der Waals surface area contributed by atoms with Crippen LogP contribution in [0.5, 0.6) is 17.2 Å². The number of methoxy groups -OCH3 is 3. The van der Waals surface area contributed by atoms with Crippen LogP contribution in [-0.4, -0.2) is 27.2 Å². The van der Waals surface area contributed by atoms with Gasteiger partial charge in [-0.1, -0.05) is 18.2 Å². The second-order valence-electron chi connectivity index (χ2n) is 6.87. The highest BCUT2D eigenvalue weighted by atomic mass is 16.5. The molecule has 0 saturated carbocycles. The van der Waals surface area contributed by atoms with Gasteiger partial charge in [-0.05, 0) is 36.4 Å². The molecule has 4 aromatic rings. The molecule has 0 spiro atoms. The summed E-state index contributed by atoms with van der Waals surface area (Å²) in [5.41, 5.74) is 2.23. The maximum absolute atomic E-state index is 13.2. The first-order valence-corrected chi connectivity index (χ1v) is 9.85. The molecule has 0 atom stereocenters. The molecule has 0 aliphatic heterocycles. The molecule has 0 bridgehead atoms. The molecular formula is C25H22N2O5. The molecule has 1 heterocycles. The maximum atomic E-state index is 13.2. The molecule has 3 aromatic carbocycles. The number of nitrogens with one attached hydrogen (secondary N) is 1. The lowest BCUT2D eigenvalue weighted by Crippen LogP contribution is -2.21. The van der Waals surface area contributed by atoms with Crippen molar-refractivity contribution in [1.29, 1.82) is 0 Å². The Hall–Kier alpha value is -4.26. The van der Waals surface area contributed by atoms with E-state index in [1.807, 2.05) is 24.3 Å². The Bertz CT molecular complexity index is 1300. The predicted octanol–water partition coefficient (Wildman–Crippen LogP) is 4.94. The van der Waals surface area contributed by atoms with Crippen molar-refractivity contribution in [2.24, 2.45) is 4.99 Å². The summed E-state index contributed by atoms with van der Waals surface area (Å²) >= 11 is 0. The van der Waals surface area contributed by atoms with Crippen molar-refractivity contribution < 1.29 is 23.4 Å². The molecule has 4 rings (SSSR count). The first kappa shape index (κ1) is 21.0. The molecule has 7 heteroatoms. The van der Waals surface area contributed by atoms with Crippen LogP contribution >= 0.6 is 0 Å². The fraction of sp³-hybridized carbons (Fsp3) is 0.120. The highest BCUT2D eigenvalue weighted by molar-refractivity contribution is 6.05. The van der Waals surface area contributed by atoms with E-state index in [0.717, 1.165) is 5.39 Å². The number of rotatable bonds is 6. The number of benzene rings is 3. The van der Waals surface area contributed by atoms with Gasteiger partial charge in [0.15, 0.2) is 0 Å². The second-order valence-corrected chi connectivity index (χ2v) is 6.87. The molecule has 1 aromatic heterocycles. The minimum atomic E-state index is -0.349. The molecule has 0 aliphatic carbocycles. The van der Waals surface area contributed by atoms with Gasteiger partial charge in [-0.3, -0.25) is 4.79 Å². The van der Waals surface area contributed by atoms with E-state index in [-0.39, 0.29) is 11.5 Å². The number of carbonyl (C=O) groups excluding carboxylic acids is 1. The Morgan fingerprint density at radius 2 is 1.47 bits per heavy atom. The van der Waals surface area contributed by atoms with Crippen molar-refractivity contribution in [3.63, 3.8) is 0 Å². The van der Waals surface area contributed by atoms with Crippen LogP contribution in [0.2, 0.25) is 0 Å². The molecule has 32 heavy (non-hydrogen) atoms. The summed E-state index contributed by atoms with van der Waals surface area (Å²) in [6.45, 7) is 0. The number of hydrogen-bond donors (Lipinski definition) is 1. The first-order valence-electron chi connectivity index (χ1n) is 9.85. The smallest absolute Gasteiger partial charge is 0.261 e. The van der Waals surface area contributed by atoms with Crippen LogP contribution < -0.4 is 25.1 Å².